The van der Waals surface area contributed by atoms with Gasteiger partial charge in [-0.25, -0.2) is 4.79 Å². The van der Waals surface area contributed by atoms with Gasteiger partial charge in [-0.1, -0.05) is 12.1 Å². The number of carboxylic acid groups (broad SMARTS) is 2. The number of nitrogens with one attached hydrogen (secondary N) is 2. The van der Waals surface area contributed by atoms with Gasteiger partial charge in [-0.2, -0.15) is 0 Å². The third-order valence-electron chi connectivity index (χ3n) is 6.40. The predicted molar refractivity (Wildman–Crippen MR) is 143 cm³/mol. The van der Waals surface area contributed by atoms with E-state index in [1.807, 2.05) is 0 Å². The van der Waals surface area contributed by atoms with Gasteiger partial charge in [0.2, 0.25) is 17.7 Å². The van der Waals surface area contributed by atoms with Gasteiger partial charge in [-0.3, -0.25) is 24.2 Å². The minimum absolute atomic E-state index is 0.00364. The molecule has 1 fully saturated rings. The van der Waals surface area contributed by atoms with E-state index in [2.05, 4.69) is 15.6 Å². The number of nitrogens with two attached hydrogens (primary N) is 3. The summed E-state index contributed by atoms with van der Waals surface area (Å²) in [4.78, 5) is 67.2. The zero-order chi connectivity index (χ0) is 29.8. The maximum Gasteiger partial charge on any atom is 0.326 e. The molecule has 1 aromatic rings. The van der Waals surface area contributed by atoms with Gasteiger partial charge >= 0.3 is 11.9 Å². The lowest BCUT2D eigenvalue weighted by atomic mass is 10.0. The molecule has 0 bridgehead atoms. The van der Waals surface area contributed by atoms with E-state index in [0.717, 1.165) is 0 Å². The highest BCUT2D eigenvalue weighted by Crippen LogP contribution is 2.20. The minimum Gasteiger partial charge on any atom is -0.508 e. The van der Waals surface area contributed by atoms with E-state index >= 15 is 0 Å². The molecule has 4 unspecified atom stereocenters. The molecule has 0 radical (unpaired) electrons. The Balaban J connectivity index is 2.26. The maximum absolute atomic E-state index is 13.5. The number of aliphatic carboxylic acids is 2. The Morgan fingerprint density at radius 1 is 1.00 bits per heavy atom. The van der Waals surface area contributed by atoms with Crippen LogP contribution in [0.3, 0.4) is 0 Å². The number of benzene rings is 1. The molecule has 15 heteroatoms. The van der Waals surface area contributed by atoms with Crippen molar-refractivity contribution in [2.45, 2.75) is 69.1 Å². The number of aliphatic imine (C=N–C) groups is 1. The molecule has 0 spiro atoms. The quantitative estimate of drug-likeness (QED) is 0.0672. The standard InChI is InChI=1S/C25H37N7O8/c26-16(9-10-20(34)35)21(36)30-17(3-1-11-29-25(27)28)22(37)31-18(13-14-5-7-15(33)8-6-14)23(38)32-12-2-4-19(32)24(39)40/h5-8,16-19,33H,1-4,9-13,26H2,(H,30,36)(H,31,37)(H,34,35)(H,39,40)(H4,27,28,29). The van der Waals surface area contributed by atoms with Crippen molar-refractivity contribution in [3.63, 3.8) is 0 Å². The number of carbonyl (C=O) groups excluding carboxylic acids is 3. The van der Waals surface area contributed by atoms with E-state index in [1.165, 1.54) is 17.0 Å². The number of guanidine groups is 1. The van der Waals surface area contributed by atoms with Crippen LogP contribution in [0, 0.1) is 0 Å². The van der Waals surface area contributed by atoms with Gasteiger partial charge in [0, 0.05) is 25.9 Å². The first-order valence-electron chi connectivity index (χ1n) is 12.8. The van der Waals surface area contributed by atoms with Crippen LogP contribution in [0.2, 0.25) is 0 Å². The van der Waals surface area contributed by atoms with Crippen molar-refractivity contribution < 1.29 is 39.3 Å². The van der Waals surface area contributed by atoms with Gasteiger partial charge in [0.15, 0.2) is 5.96 Å². The second-order valence-electron chi connectivity index (χ2n) is 9.51. The molecule has 40 heavy (non-hydrogen) atoms. The molecule has 220 valence electrons. The Bertz CT molecular complexity index is 1090. The van der Waals surface area contributed by atoms with E-state index in [-0.39, 0.29) is 63.3 Å². The Morgan fingerprint density at radius 3 is 2.25 bits per heavy atom. The molecule has 11 N–H and O–H groups in total. The number of aromatic hydroxyl groups is 1. The fraction of sp³-hybridized carbons (Fsp3) is 0.520. The van der Waals surface area contributed by atoms with Gasteiger partial charge in [0.05, 0.1) is 6.04 Å². The summed E-state index contributed by atoms with van der Waals surface area (Å²) in [7, 11) is 0. The smallest absolute Gasteiger partial charge is 0.326 e. The molecule has 4 atom stereocenters. The van der Waals surface area contributed by atoms with Crippen LogP contribution in [-0.2, 0) is 30.4 Å². The summed E-state index contributed by atoms with van der Waals surface area (Å²) >= 11 is 0. The largest absolute Gasteiger partial charge is 0.508 e. The van der Waals surface area contributed by atoms with E-state index in [4.69, 9.17) is 22.3 Å². The summed E-state index contributed by atoms with van der Waals surface area (Å²) in [5, 5.41) is 33.2. The van der Waals surface area contributed by atoms with Gasteiger partial charge < -0.3 is 48.1 Å². The first-order chi connectivity index (χ1) is 18.9. The molecule has 1 aromatic carbocycles. The number of phenols is 1. The monoisotopic (exact) mass is 563 g/mol. The summed E-state index contributed by atoms with van der Waals surface area (Å²) in [6.45, 7) is 0.353. The normalized spacial score (nSPS) is 16.8. The van der Waals surface area contributed by atoms with Crippen molar-refractivity contribution >= 4 is 35.6 Å². The first-order valence-corrected chi connectivity index (χ1v) is 12.8. The molecule has 0 aromatic heterocycles. The molecule has 1 aliphatic heterocycles. The fourth-order valence-corrected chi connectivity index (χ4v) is 4.29. The predicted octanol–water partition coefficient (Wildman–Crippen LogP) is -1.77. The van der Waals surface area contributed by atoms with Crippen LogP contribution in [0.1, 0.15) is 44.1 Å². The van der Waals surface area contributed by atoms with E-state index < -0.39 is 53.8 Å². The van der Waals surface area contributed by atoms with Crippen LogP contribution in [0.4, 0.5) is 0 Å². The minimum atomic E-state index is -1.19. The fourth-order valence-electron chi connectivity index (χ4n) is 4.29. The summed E-state index contributed by atoms with van der Waals surface area (Å²) in [6.07, 6.45) is 0.572. The number of phenolic OH excluding ortho intramolecular Hbond substituents is 1. The number of likely N-dealkylation sites (tertiary alicyclic amines) is 1. The summed E-state index contributed by atoms with van der Waals surface area (Å²) < 4.78 is 0. The third-order valence-corrected chi connectivity index (χ3v) is 6.40. The van der Waals surface area contributed by atoms with Crippen LogP contribution in [0.5, 0.6) is 5.75 Å². The van der Waals surface area contributed by atoms with Crippen LogP contribution in [0.15, 0.2) is 29.3 Å². The third kappa shape index (κ3) is 10.1. The van der Waals surface area contributed by atoms with Crippen LogP contribution < -0.4 is 27.8 Å². The van der Waals surface area contributed by atoms with Crippen molar-refractivity contribution in [2.75, 3.05) is 13.1 Å². The molecular formula is C25H37N7O8. The van der Waals surface area contributed by atoms with E-state index in [9.17, 15) is 34.2 Å². The zero-order valence-electron chi connectivity index (χ0n) is 22.0. The number of hydrogen-bond acceptors (Lipinski definition) is 8. The Morgan fingerprint density at radius 2 is 1.65 bits per heavy atom. The highest BCUT2D eigenvalue weighted by Gasteiger charge is 2.38. The number of carboxylic acids is 2. The second-order valence-corrected chi connectivity index (χ2v) is 9.51. The molecule has 1 aliphatic rings. The molecule has 1 saturated heterocycles. The Kier molecular flexibility index (Phi) is 12.1. The molecule has 0 aliphatic carbocycles. The molecule has 15 nitrogen and oxygen atoms in total. The Labute approximate surface area is 230 Å². The van der Waals surface area contributed by atoms with Gasteiger partial charge in [-0.15, -0.1) is 0 Å². The SMILES string of the molecule is NC(N)=NCCCC(NC(=O)C(N)CCC(=O)O)C(=O)NC(Cc1ccc(O)cc1)C(=O)N1CCCC1C(=O)O. The average Bonchev–Trinajstić information content (AvgIpc) is 3.39. The molecule has 1 heterocycles. The lowest BCUT2D eigenvalue weighted by Crippen LogP contribution is -2.57. The molecule has 2 rings (SSSR count). The number of rotatable bonds is 15. The number of carbonyl (C=O) groups is 5. The van der Waals surface area contributed by atoms with Crippen molar-refractivity contribution in [3.8, 4) is 5.75 Å². The second kappa shape index (κ2) is 15.3. The van der Waals surface area contributed by atoms with Crippen molar-refractivity contribution in [3.05, 3.63) is 29.8 Å². The number of nitrogens with zero attached hydrogens (tertiary/aromatic N) is 2. The topological polar surface area (TPSA) is 264 Å². The van der Waals surface area contributed by atoms with Crippen molar-refractivity contribution in [2.24, 2.45) is 22.2 Å². The van der Waals surface area contributed by atoms with Crippen molar-refractivity contribution in [1.82, 2.24) is 15.5 Å². The molecular weight excluding hydrogens is 526 g/mol. The average molecular weight is 564 g/mol. The van der Waals surface area contributed by atoms with Gasteiger partial charge in [-0.05, 0) is 49.8 Å². The summed E-state index contributed by atoms with van der Waals surface area (Å²) in [6, 6.07) is 1.37. The lowest BCUT2D eigenvalue weighted by Gasteiger charge is -2.29. The Hall–Kier alpha value is -4.40. The highest BCUT2D eigenvalue weighted by molar-refractivity contribution is 5.94. The summed E-state index contributed by atoms with van der Waals surface area (Å²) in [5.74, 6) is -4.52. The van der Waals surface area contributed by atoms with Gasteiger partial charge in [0.1, 0.15) is 23.9 Å². The maximum atomic E-state index is 13.5. The van der Waals surface area contributed by atoms with Crippen molar-refractivity contribution in [1.29, 1.82) is 0 Å². The van der Waals surface area contributed by atoms with Crippen LogP contribution >= 0.6 is 0 Å². The zero-order valence-corrected chi connectivity index (χ0v) is 22.0. The lowest BCUT2D eigenvalue weighted by molar-refractivity contribution is -0.149. The van der Waals surface area contributed by atoms with E-state index in [0.29, 0.717) is 12.0 Å². The molecule has 0 saturated carbocycles. The van der Waals surface area contributed by atoms with Gasteiger partial charge in [0.25, 0.3) is 0 Å². The van der Waals surface area contributed by atoms with Crippen LogP contribution in [-0.4, -0.2) is 93.1 Å². The first kappa shape index (κ1) is 31.8. The highest BCUT2D eigenvalue weighted by atomic mass is 16.4. The van der Waals surface area contributed by atoms with E-state index in [1.54, 1.807) is 12.1 Å². The number of hydrogen-bond donors (Lipinski definition) is 8. The summed E-state index contributed by atoms with van der Waals surface area (Å²) in [5.41, 5.74) is 17.1. The number of amides is 3. The molecule has 3 amide bonds. The van der Waals surface area contributed by atoms with Crippen LogP contribution in [0.25, 0.3) is 0 Å².